The number of carbonyl (C=O) groups excluding carboxylic acids is 1. The maximum Gasteiger partial charge on any atom is 0.451 e. The van der Waals surface area contributed by atoms with Crippen LogP contribution in [0.4, 0.5) is 13.2 Å². The molecular formula is C25H26ClF3N6OS. The molecule has 3 aromatic heterocycles. The molecule has 4 heterocycles. The molecule has 0 aromatic carbocycles. The van der Waals surface area contributed by atoms with Crippen LogP contribution >= 0.6 is 23.5 Å². The van der Waals surface area contributed by atoms with E-state index in [4.69, 9.17) is 11.6 Å². The van der Waals surface area contributed by atoms with Crippen LogP contribution in [-0.4, -0.2) is 42.7 Å². The molecule has 3 aromatic rings. The summed E-state index contributed by atoms with van der Waals surface area (Å²) in [5.74, 6) is -1.19. The summed E-state index contributed by atoms with van der Waals surface area (Å²) in [6.07, 6.45) is 11.9. The molecule has 1 saturated heterocycles. The molecule has 0 spiro atoms. The Morgan fingerprint density at radius 1 is 1.08 bits per heavy atom. The van der Waals surface area contributed by atoms with Crippen LogP contribution in [0.25, 0.3) is 11.3 Å². The number of aromatic nitrogens is 4. The van der Waals surface area contributed by atoms with Gasteiger partial charge in [0.1, 0.15) is 5.03 Å². The molecule has 7 nitrogen and oxygen atoms in total. The Bertz CT molecular complexity index is 1140. The van der Waals surface area contributed by atoms with Gasteiger partial charge in [-0.05, 0) is 68.5 Å². The van der Waals surface area contributed by atoms with Crippen molar-refractivity contribution in [3.05, 3.63) is 65.5 Å². The van der Waals surface area contributed by atoms with E-state index in [1.807, 2.05) is 12.1 Å². The molecular weight excluding hydrogens is 525 g/mol. The van der Waals surface area contributed by atoms with Crippen LogP contribution in [0, 0.1) is 12.8 Å². The molecule has 1 amide bonds. The molecule has 4 rings (SSSR count). The molecule has 0 saturated carbocycles. The predicted octanol–water partition coefficient (Wildman–Crippen LogP) is 5.67. The van der Waals surface area contributed by atoms with E-state index in [2.05, 4.69) is 56.3 Å². The zero-order valence-corrected chi connectivity index (χ0v) is 21.8. The molecule has 1 fully saturated rings. The molecule has 2 atom stereocenters. The second-order valence-corrected chi connectivity index (χ2v) is 9.34. The van der Waals surface area contributed by atoms with Crippen LogP contribution < -0.4 is 5.32 Å². The van der Waals surface area contributed by atoms with Crippen LogP contribution in [0.1, 0.15) is 38.1 Å². The van der Waals surface area contributed by atoms with E-state index in [1.165, 1.54) is 19.0 Å². The summed E-state index contributed by atoms with van der Waals surface area (Å²) >= 11 is 7.54. The van der Waals surface area contributed by atoms with Crippen molar-refractivity contribution in [2.45, 2.75) is 56.5 Å². The van der Waals surface area contributed by atoms with Crippen LogP contribution in [0.2, 0.25) is 5.02 Å². The van der Waals surface area contributed by atoms with Crippen molar-refractivity contribution in [3.8, 4) is 24.1 Å². The second kappa shape index (κ2) is 14.5. The Kier molecular flexibility index (Phi) is 11.8. The van der Waals surface area contributed by atoms with Gasteiger partial charge < -0.3 is 5.32 Å². The van der Waals surface area contributed by atoms with Crippen molar-refractivity contribution in [3.63, 3.8) is 0 Å². The van der Waals surface area contributed by atoms with E-state index in [-0.39, 0.29) is 0 Å². The molecule has 196 valence electrons. The minimum absolute atomic E-state index is 0.306. The number of amides is 1. The van der Waals surface area contributed by atoms with Gasteiger partial charge in [-0.2, -0.15) is 13.2 Å². The lowest BCUT2D eigenvalue weighted by atomic mass is 10.1. The standard InChI is InChI=1S/C12H9F3N4O.C11H15ClN2S.C2H2/c13-12(14,15)11-18-5-9(6-19-11)10-3-8(1-2-17-10)4-16-7-20;1-8-3-4-9(2)14(8)15-11-6-5-10(12)7-13-11;1-2/h1-3,5-7H,4H2,(H,16,20);5-9H,3-4H2,1-2H3;1-2H/t;8-,9+;. The number of pyridine rings is 2. The summed E-state index contributed by atoms with van der Waals surface area (Å²) in [5.41, 5.74) is 1.57. The van der Waals surface area contributed by atoms with Crippen molar-refractivity contribution in [1.29, 1.82) is 0 Å². The van der Waals surface area contributed by atoms with Crippen molar-refractivity contribution in [1.82, 2.24) is 29.6 Å². The van der Waals surface area contributed by atoms with Gasteiger partial charge in [-0.3, -0.25) is 9.78 Å². The Morgan fingerprint density at radius 3 is 2.27 bits per heavy atom. The average molecular weight is 551 g/mol. The van der Waals surface area contributed by atoms with Gasteiger partial charge in [0.2, 0.25) is 12.2 Å². The third-order valence-corrected chi connectivity index (χ3v) is 6.77. The smallest absolute Gasteiger partial charge is 0.355 e. The fourth-order valence-corrected chi connectivity index (χ4v) is 4.51. The minimum Gasteiger partial charge on any atom is -0.355 e. The van der Waals surface area contributed by atoms with Crippen LogP contribution in [0.5, 0.6) is 0 Å². The summed E-state index contributed by atoms with van der Waals surface area (Å²) in [7, 11) is 0. The fraction of sp³-hybridized carbons (Fsp3) is 0.320. The summed E-state index contributed by atoms with van der Waals surface area (Å²) < 4.78 is 39.5. The Hall–Kier alpha value is -3.20. The molecule has 1 aliphatic heterocycles. The minimum atomic E-state index is -4.57. The van der Waals surface area contributed by atoms with Gasteiger partial charge in [-0.1, -0.05) is 11.6 Å². The lowest BCUT2D eigenvalue weighted by Crippen LogP contribution is -2.25. The summed E-state index contributed by atoms with van der Waals surface area (Å²) in [5, 5.41) is 4.21. The molecule has 1 aliphatic rings. The van der Waals surface area contributed by atoms with E-state index >= 15 is 0 Å². The SMILES string of the molecule is C#C.C[C@@H]1CC[C@H](C)N1Sc1ccc(Cl)cn1.O=CNCc1ccnc(-c2cnc(C(F)(F)F)nc2)c1. The number of halogens is 4. The van der Waals surface area contributed by atoms with Crippen molar-refractivity contribution in [2.75, 3.05) is 0 Å². The summed E-state index contributed by atoms with van der Waals surface area (Å²) in [6, 6.07) is 8.48. The van der Waals surface area contributed by atoms with Gasteiger partial charge in [0.15, 0.2) is 0 Å². The average Bonchev–Trinajstić information content (AvgIpc) is 3.22. The van der Waals surface area contributed by atoms with Gasteiger partial charge in [0.05, 0.1) is 10.7 Å². The topological polar surface area (TPSA) is 83.9 Å². The van der Waals surface area contributed by atoms with Gasteiger partial charge >= 0.3 is 6.18 Å². The molecule has 12 heteroatoms. The van der Waals surface area contributed by atoms with Crippen molar-refractivity contribution < 1.29 is 18.0 Å². The van der Waals surface area contributed by atoms with Crippen molar-refractivity contribution in [2.24, 2.45) is 0 Å². The molecule has 0 unspecified atom stereocenters. The number of hydrogen-bond acceptors (Lipinski definition) is 7. The lowest BCUT2D eigenvalue weighted by molar-refractivity contribution is -0.145. The Balaban J connectivity index is 0.000000252. The zero-order valence-electron chi connectivity index (χ0n) is 20.2. The van der Waals surface area contributed by atoms with Crippen LogP contribution in [0.15, 0.2) is 54.1 Å². The first-order valence-corrected chi connectivity index (χ1v) is 12.2. The number of nitrogens with one attached hydrogen (secondary N) is 1. The Labute approximate surface area is 223 Å². The molecule has 37 heavy (non-hydrogen) atoms. The largest absolute Gasteiger partial charge is 0.451 e. The molecule has 1 N–H and O–H groups in total. The number of carbonyl (C=O) groups is 1. The van der Waals surface area contributed by atoms with Crippen LogP contribution in [0.3, 0.4) is 0 Å². The highest BCUT2D eigenvalue weighted by atomic mass is 35.5. The van der Waals surface area contributed by atoms with E-state index in [0.29, 0.717) is 41.3 Å². The molecule has 0 radical (unpaired) electrons. The van der Waals surface area contributed by atoms with Gasteiger partial charge in [-0.25, -0.2) is 19.3 Å². The monoisotopic (exact) mass is 550 g/mol. The highest BCUT2D eigenvalue weighted by molar-refractivity contribution is 7.97. The Morgan fingerprint density at radius 2 is 1.73 bits per heavy atom. The summed E-state index contributed by atoms with van der Waals surface area (Å²) in [6.45, 7) is 4.85. The van der Waals surface area contributed by atoms with Crippen LogP contribution in [-0.2, 0) is 17.5 Å². The summed E-state index contributed by atoms with van der Waals surface area (Å²) in [4.78, 5) is 25.1. The number of alkyl halides is 3. The van der Waals surface area contributed by atoms with E-state index < -0.39 is 12.0 Å². The molecule has 0 bridgehead atoms. The maximum atomic E-state index is 12.3. The molecule has 0 aliphatic carbocycles. The fourth-order valence-electron chi connectivity index (χ4n) is 3.38. The van der Waals surface area contributed by atoms with Gasteiger partial charge in [-0.15, -0.1) is 12.8 Å². The highest BCUT2D eigenvalue weighted by Gasteiger charge is 2.34. The van der Waals surface area contributed by atoms with Gasteiger partial charge in [0.25, 0.3) is 0 Å². The number of rotatable bonds is 6. The lowest BCUT2D eigenvalue weighted by Gasteiger charge is -2.23. The van der Waals surface area contributed by atoms with E-state index in [1.54, 1.807) is 30.3 Å². The normalized spacial score (nSPS) is 17.1. The zero-order chi connectivity index (χ0) is 27.4. The number of terminal acetylenes is 1. The first-order chi connectivity index (χ1) is 17.7. The second-order valence-electron chi connectivity index (χ2n) is 7.88. The third kappa shape index (κ3) is 9.31. The first kappa shape index (κ1) is 30.0. The quantitative estimate of drug-likeness (QED) is 0.240. The van der Waals surface area contributed by atoms with Gasteiger partial charge in [0, 0.05) is 49.0 Å². The first-order valence-electron chi connectivity index (χ1n) is 11.1. The predicted molar refractivity (Wildman–Crippen MR) is 138 cm³/mol. The number of nitrogens with zero attached hydrogens (tertiary/aromatic N) is 5. The van der Waals surface area contributed by atoms with Crippen molar-refractivity contribution >= 4 is 30.0 Å². The third-order valence-electron chi connectivity index (χ3n) is 5.19. The van der Waals surface area contributed by atoms with E-state index in [9.17, 15) is 18.0 Å². The maximum absolute atomic E-state index is 12.3. The highest BCUT2D eigenvalue weighted by Crippen LogP contribution is 2.34. The number of hydrogen-bond donors (Lipinski definition) is 1. The van der Waals surface area contributed by atoms with E-state index in [0.717, 1.165) is 23.0 Å².